The molecule has 0 aliphatic carbocycles. The van der Waals surface area contributed by atoms with E-state index >= 15 is 0 Å². The largest absolute Gasteiger partial charge is 0.457 e. The quantitative estimate of drug-likeness (QED) is 0.353. The summed E-state index contributed by atoms with van der Waals surface area (Å²) in [4.78, 5) is 23.3. The third kappa shape index (κ3) is 4.31. The van der Waals surface area contributed by atoms with Crippen LogP contribution in [-0.4, -0.2) is 48.2 Å². The van der Waals surface area contributed by atoms with Gasteiger partial charge in [0.1, 0.15) is 11.5 Å². The lowest BCUT2D eigenvalue weighted by molar-refractivity contribution is 0.0747. The van der Waals surface area contributed by atoms with Crippen molar-refractivity contribution in [1.29, 1.82) is 0 Å². The Labute approximate surface area is 195 Å². The second kappa shape index (κ2) is 9.22. The van der Waals surface area contributed by atoms with Crippen LogP contribution in [-0.2, 0) is 0 Å². The van der Waals surface area contributed by atoms with Gasteiger partial charge in [-0.15, -0.1) is 11.8 Å². The van der Waals surface area contributed by atoms with Crippen LogP contribution in [0.5, 0.6) is 11.5 Å². The number of amides is 1. The monoisotopic (exact) mass is 461 g/mol. The molecule has 3 aromatic carbocycles. The van der Waals surface area contributed by atoms with Crippen molar-refractivity contribution >= 4 is 44.4 Å². The van der Waals surface area contributed by atoms with Crippen LogP contribution >= 0.6 is 23.1 Å². The Balaban J connectivity index is 1.22. The van der Waals surface area contributed by atoms with Crippen LogP contribution in [0, 0.1) is 0 Å². The van der Waals surface area contributed by atoms with Gasteiger partial charge < -0.3 is 14.5 Å². The molecule has 5 rings (SSSR count). The second-order valence-electron chi connectivity index (χ2n) is 7.52. The number of ether oxygens (including phenoxy) is 1. The topological polar surface area (TPSA) is 45.7 Å². The van der Waals surface area contributed by atoms with Crippen molar-refractivity contribution in [3.05, 3.63) is 78.4 Å². The molecular formula is C25H23N3O2S2. The minimum absolute atomic E-state index is 0.0601. The van der Waals surface area contributed by atoms with E-state index in [1.807, 2.05) is 59.5 Å². The Morgan fingerprint density at radius 3 is 2.34 bits per heavy atom. The van der Waals surface area contributed by atoms with Crippen LogP contribution in [0.1, 0.15) is 10.4 Å². The molecule has 1 saturated heterocycles. The van der Waals surface area contributed by atoms with Crippen molar-refractivity contribution < 1.29 is 9.53 Å². The fourth-order valence-electron chi connectivity index (χ4n) is 3.79. The molecule has 0 saturated carbocycles. The van der Waals surface area contributed by atoms with Gasteiger partial charge in [0.25, 0.3) is 5.91 Å². The number of anilines is 1. The van der Waals surface area contributed by atoms with Crippen molar-refractivity contribution in [3.8, 4) is 11.5 Å². The lowest BCUT2D eigenvalue weighted by Crippen LogP contribution is -2.48. The predicted molar refractivity (Wildman–Crippen MR) is 132 cm³/mol. The number of thiazole rings is 1. The summed E-state index contributed by atoms with van der Waals surface area (Å²) < 4.78 is 7.04. The molecule has 5 nitrogen and oxygen atoms in total. The first kappa shape index (κ1) is 20.8. The fourth-order valence-corrected chi connectivity index (χ4v) is 5.46. The van der Waals surface area contributed by atoms with Crippen LogP contribution in [0.3, 0.4) is 0 Å². The van der Waals surface area contributed by atoms with Crippen molar-refractivity contribution in [1.82, 2.24) is 9.88 Å². The Hall–Kier alpha value is -3.03. The highest BCUT2D eigenvalue weighted by Gasteiger charge is 2.24. The van der Waals surface area contributed by atoms with Crippen LogP contribution in [0.15, 0.2) is 77.7 Å². The van der Waals surface area contributed by atoms with Gasteiger partial charge in [0.15, 0.2) is 5.13 Å². The number of hydrogen-bond donors (Lipinski definition) is 0. The van der Waals surface area contributed by atoms with E-state index in [0.717, 1.165) is 35.2 Å². The van der Waals surface area contributed by atoms with Gasteiger partial charge >= 0.3 is 0 Å². The number of carbonyl (C=O) groups excluding carboxylic acids is 1. The highest BCUT2D eigenvalue weighted by Crippen LogP contribution is 2.34. The Morgan fingerprint density at radius 1 is 0.906 bits per heavy atom. The van der Waals surface area contributed by atoms with Gasteiger partial charge in [0, 0.05) is 36.6 Å². The SMILES string of the molecule is CSc1cccc2sc(N3CCN(C(=O)c4ccc(Oc5ccccc5)cc4)CC3)nc12. The Morgan fingerprint density at radius 2 is 1.62 bits per heavy atom. The number of fused-ring (bicyclic) bond motifs is 1. The van der Waals surface area contributed by atoms with Crippen LogP contribution < -0.4 is 9.64 Å². The first-order valence-electron chi connectivity index (χ1n) is 10.5. The van der Waals surface area contributed by atoms with E-state index < -0.39 is 0 Å². The van der Waals surface area contributed by atoms with Crippen molar-refractivity contribution in [2.45, 2.75) is 4.90 Å². The van der Waals surface area contributed by atoms with Gasteiger partial charge in [-0.05, 0) is 54.8 Å². The molecule has 162 valence electrons. The van der Waals surface area contributed by atoms with Crippen LogP contribution in [0.2, 0.25) is 0 Å². The summed E-state index contributed by atoms with van der Waals surface area (Å²) in [6.45, 7) is 2.95. The molecule has 0 unspecified atom stereocenters. The summed E-state index contributed by atoms with van der Waals surface area (Å²) in [6, 6.07) is 23.3. The number of carbonyl (C=O) groups is 1. The number of piperazine rings is 1. The molecule has 0 radical (unpaired) electrons. The Kier molecular flexibility index (Phi) is 6.01. The minimum atomic E-state index is 0.0601. The molecule has 1 aliphatic rings. The van der Waals surface area contributed by atoms with Gasteiger partial charge in [0.2, 0.25) is 0 Å². The maximum absolute atomic E-state index is 13.0. The third-order valence-corrected chi connectivity index (χ3v) is 7.36. The van der Waals surface area contributed by atoms with E-state index in [-0.39, 0.29) is 5.91 Å². The van der Waals surface area contributed by atoms with Crippen LogP contribution in [0.25, 0.3) is 10.2 Å². The highest BCUT2D eigenvalue weighted by molar-refractivity contribution is 7.98. The number of para-hydroxylation sites is 2. The molecule has 0 bridgehead atoms. The number of hydrogen-bond acceptors (Lipinski definition) is 6. The fraction of sp³-hybridized carbons (Fsp3) is 0.200. The second-order valence-corrected chi connectivity index (χ2v) is 9.38. The standard InChI is InChI=1S/C25H23N3O2S2/c1-31-21-8-5-9-22-23(21)26-25(32-22)28-16-14-27(15-17-28)24(29)18-10-12-20(13-11-18)30-19-6-3-2-4-7-19/h2-13H,14-17H2,1H3. The van der Waals surface area contributed by atoms with Gasteiger partial charge in [-0.2, -0.15) is 0 Å². The number of nitrogens with zero attached hydrogens (tertiary/aromatic N) is 3. The lowest BCUT2D eigenvalue weighted by atomic mass is 10.1. The maximum Gasteiger partial charge on any atom is 0.253 e. The van der Waals surface area contributed by atoms with Crippen molar-refractivity contribution in [3.63, 3.8) is 0 Å². The molecule has 32 heavy (non-hydrogen) atoms. The summed E-state index contributed by atoms with van der Waals surface area (Å²) in [6.07, 6.45) is 2.08. The van der Waals surface area contributed by atoms with Crippen molar-refractivity contribution in [2.24, 2.45) is 0 Å². The first-order chi connectivity index (χ1) is 15.7. The molecule has 1 aromatic heterocycles. The van der Waals surface area contributed by atoms with E-state index in [9.17, 15) is 4.79 Å². The summed E-state index contributed by atoms with van der Waals surface area (Å²) in [5, 5.41) is 1.04. The zero-order valence-electron chi connectivity index (χ0n) is 17.7. The molecule has 4 aromatic rings. The molecule has 1 amide bonds. The van der Waals surface area contributed by atoms with Gasteiger partial charge in [-0.1, -0.05) is 35.6 Å². The summed E-state index contributed by atoms with van der Waals surface area (Å²) in [5.74, 6) is 1.56. The summed E-state index contributed by atoms with van der Waals surface area (Å²) >= 11 is 3.45. The summed E-state index contributed by atoms with van der Waals surface area (Å²) in [5.41, 5.74) is 1.76. The maximum atomic E-state index is 13.0. The average Bonchev–Trinajstić information content (AvgIpc) is 3.29. The molecule has 0 spiro atoms. The average molecular weight is 462 g/mol. The molecule has 7 heteroatoms. The number of benzene rings is 3. The number of aromatic nitrogens is 1. The molecular weight excluding hydrogens is 438 g/mol. The molecule has 2 heterocycles. The van der Waals surface area contributed by atoms with E-state index in [1.165, 1.54) is 9.60 Å². The van der Waals surface area contributed by atoms with Gasteiger partial charge in [0.05, 0.1) is 10.2 Å². The van der Waals surface area contributed by atoms with E-state index in [4.69, 9.17) is 9.72 Å². The zero-order chi connectivity index (χ0) is 21.9. The van der Waals surface area contributed by atoms with E-state index in [1.54, 1.807) is 23.1 Å². The highest BCUT2D eigenvalue weighted by atomic mass is 32.2. The summed E-state index contributed by atoms with van der Waals surface area (Å²) in [7, 11) is 0. The van der Waals surface area contributed by atoms with E-state index in [2.05, 4.69) is 29.4 Å². The smallest absolute Gasteiger partial charge is 0.253 e. The molecule has 0 atom stereocenters. The third-order valence-electron chi connectivity index (χ3n) is 5.51. The predicted octanol–water partition coefficient (Wildman–Crippen LogP) is 5.77. The molecule has 1 fully saturated rings. The normalized spacial score (nSPS) is 14.0. The first-order valence-corrected chi connectivity index (χ1v) is 12.6. The molecule has 0 N–H and O–H groups in total. The number of thioether (sulfide) groups is 1. The lowest BCUT2D eigenvalue weighted by Gasteiger charge is -2.34. The van der Waals surface area contributed by atoms with Gasteiger partial charge in [-0.25, -0.2) is 4.98 Å². The number of rotatable bonds is 5. The van der Waals surface area contributed by atoms with Crippen molar-refractivity contribution in [2.75, 3.05) is 37.3 Å². The van der Waals surface area contributed by atoms with E-state index in [0.29, 0.717) is 18.7 Å². The van der Waals surface area contributed by atoms with Crippen LogP contribution in [0.4, 0.5) is 5.13 Å². The minimum Gasteiger partial charge on any atom is -0.457 e. The Bertz CT molecular complexity index is 1220. The zero-order valence-corrected chi connectivity index (χ0v) is 19.4. The van der Waals surface area contributed by atoms with Gasteiger partial charge in [-0.3, -0.25) is 4.79 Å². The molecule has 1 aliphatic heterocycles.